The first-order valence-corrected chi connectivity index (χ1v) is 11.6. The van der Waals surface area contributed by atoms with Crippen molar-refractivity contribution in [1.82, 2.24) is 0 Å². The summed E-state index contributed by atoms with van der Waals surface area (Å²) >= 11 is 0. The van der Waals surface area contributed by atoms with Crippen molar-refractivity contribution in [1.29, 1.82) is 5.26 Å². The summed E-state index contributed by atoms with van der Waals surface area (Å²) in [5.74, 6) is 0. The van der Waals surface area contributed by atoms with E-state index in [0.717, 1.165) is 23.3 Å². The number of nitriles is 1. The van der Waals surface area contributed by atoms with Crippen LogP contribution in [0.3, 0.4) is 0 Å². The fourth-order valence-corrected chi connectivity index (χ4v) is 2.98. The van der Waals surface area contributed by atoms with Crippen LogP contribution in [0.5, 0.6) is 0 Å². The van der Waals surface area contributed by atoms with Gasteiger partial charge in [-0.25, -0.2) is 0 Å². The molecule has 0 aliphatic carbocycles. The lowest BCUT2D eigenvalue weighted by Gasteiger charge is -2.05. The van der Waals surface area contributed by atoms with Gasteiger partial charge >= 0.3 is 6.18 Å². The second-order valence-corrected chi connectivity index (χ2v) is 8.66. The second kappa shape index (κ2) is 15.2. The Morgan fingerprint density at radius 3 is 1.08 bits per heavy atom. The first-order valence-electron chi connectivity index (χ1n) is 11.6. The van der Waals surface area contributed by atoms with E-state index in [-0.39, 0.29) is 0 Å². The van der Waals surface area contributed by atoms with Crippen LogP contribution < -0.4 is 0 Å². The number of hydrogen-bond donors (Lipinski definition) is 0. The molecule has 0 atom stereocenters. The van der Waals surface area contributed by atoms with E-state index in [1.165, 1.54) is 39.9 Å². The van der Waals surface area contributed by atoms with Crippen molar-refractivity contribution in [2.24, 2.45) is 0 Å². The fraction of sp³-hybridized carbons (Fsp3) is 0.219. The van der Waals surface area contributed by atoms with Gasteiger partial charge in [-0.3, -0.25) is 0 Å². The molecule has 4 rings (SSSR count). The summed E-state index contributed by atoms with van der Waals surface area (Å²) < 4.78 is 35.8. The van der Waals surface area contributed by atoms with Gasteiger partial charge in [0.25, 0.3) is 0 Å². The van der Waals surface area contributed by atoms with E-state index in [2.05, 4.69) is 82.3 Å². The molecule has 1 nitrogen and oxygen atoms in total. The molecule has 0 amide bonds. The quantitative estimate of drug-likeness (QED) is 0.241. The molecule has 0 heterocycles. The number of aryl methyl sites for hydroxylation is 6. The highest BCUT2D eigenvalue weighted by Gasteiger charge is 2.29. The second-order valence-electron chi connectivity index (χ2n) is 8.66. The lowest BCUT2D eigenvalue weighted by Crippen LogP contribution is -2.03. The lowest BCUT2D eigenvalue weighted by molar-refractivity contribution is -0.137. The van der Waals surface area contributed by atoms with E-state index in [1.807, 2.05) is 31.2 Å². The molecular formula is C32H34F3N. The van der Waals surface area contributed by atoms with E-state index in [1.54, 1.807) is 6.92 Å². The molecule has 0 aliphatic heterocycles. The van der Waals surface area contributed by atoms with Crippen LogP contribution in [0.25, 0.3) is 0 Å². The number of hydrogen-bond acceptors (Lipinski definition) is 1. The zero-order valence-corrected chi connectivity index (χ0v) is 21.8. The maximum atomic E-state index is 11.9. The standard InChI is InChI=1S/C8H7F3.C8H7N.2C8H10/c1-6-2-4-7(5-3-6)8(9,10)11;1-7-2-4-8(6-9)5-3-7;2*1-7-4-3-5-8(2)6-7/h2-5H,1H3;2-5H,1H3;2*3-6H,1-2H3. The van der Waals surface area contributed by atoms with E-state index in [4.69, 9.17) is 5.26 Å². The smallest absolute Gasteiger partial charge is 0.192 e. The van der Waals surface area contributed by atoms with Gasteiger partial charge in [-0.15, -0.1) is 0 Å². The Balaban J connectivity index is 0.000000242. The largest absolute Gasteiger partial charge is 0.416 e. The highest BCUT2D eigenvalue weighted by molar-refractivity contribution is 5.30. The molecule has 0 N–H and O–H groups in total. The molecule has 0 unspecified atom stereocenters. The van der Waals surface area contributed by atoms with Crippen molar-refractivity contribution >= 4 is 0 Å². The summed E-state index contributed by atoms with van der Waals surface area (Å²) in [6.07, 6.45) is -4.21. The number of benzene rings is 4. The molecule has 188 valence electrons. The van der Waals surface area contributed by atoms with Crippen LogP contribution in [-0.4, -0.2) is 0 Å². The van der Waals surface area contributed by atoms with Gasteiger partial charge in [-0.05, 0) is 65.8 Å². The molecule has 4 heteroatoms. The first-order chi connectivity index (χ1) is 16.9. The molecule has 4 aromatic rings. The Labute approximate surface area is 213 Å². The minimum Gasteiger partial charge on any atom is -0.192 e. The average molecular weight is 490 g/mol. The molecule has 0 fully saturated rings. The number of halogens is 3. The van der Waals surface area contributed by atoms with Crippen molar-refractivity contribution in [3.63, 3.8) is 0 Å². The Morgan fingerprint density at radius 2 is 0.833 bits per heavy atom. The van der Waals surface area contributed by atoms with Crippen LogP contribution in [-0.2, 0) is 6.18 Å². The summed E-state index contributed by atoms with van der Waals surface area (Å²) in [4.78, 5) is 0. The summed E-state index contributed by atoms with van der Waals surface area (Å²) in [5.41, 5.74) is 7.50. The summed E-state index contributed by atoms with van der Waals surface area (Å²) in [7, 11) is 0. The van der Waals surface area contributed by atoms with Gasteiger partial charge in [-0.2, -0.15) is 18.4 Å². The zero-order valence-electron chi connectivity index (χ0n) is 21.8. The number of nitrogens with zero attached hydrogens (tertiary/aromatic N) is 1. The molecule has 0 bridgehead atoms. The predicted molar refractivity (Wildman–Crippen MR) is 144 cm³/mol. The van der Waals surface area contributed by atoms with Gasteiger partial charge in [-0.1, -0.05) is 106 Å². The summed E-state index contributed by atoms with van der Waals surface area (Å²) in [6.45, 7) is 12.2. The number of alkyl halides is 3. The Hall–Kier alpha value is -3.84. The highest BCUT2D eigenvalue weighted by atomic mass is 19.4. The SMILES string of the molecule is Cc1ccc(C#N)cc1.Cc1ccc(C(F)(F)F)cc1.Cc1cccc(C)c1.Cc1cccc(C)c1. The van der Waals surface area contributed by atoms with E-state index in [9.17, 15) is 13.2 Å². The summed E-state index contributed by atoms with van der Waals surface area (Å²) in [5, 5.41) is 8.38. The molecule has 0 saturated heterocycles. The number of rotatable bonds is 0. The zero-order chi connectivity index (χ0) is 27.1. The van der Waals surface area contributed by atoms with Crippen molar-refractivity contribution in [3.8, 4) is 6.07 Å². The Bertz CT molecular complexity index is 1140. The van der Waals surface area contributed by atoms with Crippen molar-refractivity contribution in [2.45, 2.75) is 47.7 Å². The van der Waals surface area contributed by atoms with Gasteiger partial charge < -0.3 is 0 Å². The molecule has 4 aromatic carbocycles. The van der Waals surface area contributed by atoms with Crippen LogP contribution in [0.15, 0.2) is 97.1 Å². The van der Waals surface area contributed by atoms with E-state index >= 15 is 0 Å². The van der Waals surface area contributed by atoms with Crippen molar-refractivity contribution < 1.29 is 13.2 Å². The monoisotopic (exact) mass is 489 g/mol. The van der Waals surface area contributed by atoms with Gasteiger partial charge in [0.2, 0.25) is 0 Å². The van der Waals surface area contributed by atoms with Gasteiger partial charge in [0, 0.05) is 0 Å². The minimum atomic E-state index is -4.21. The third-order valence-electron chi connectivity index (χ3n) is 4.91. The molecular weight excluding hydrogens is 455 g/mol. The normalized spacial score (nSPS) is 9.78. The average Bonchev–Trinajstić information content (AvgIpc) is 2.80. The highest BCUT2D eigenvalue weighted by Crippen LogP contribution is 2.28. The van der Waals surface area contributed by atoms with E-state index < -0.39 is 11.7 Å². The van der Waals surface area contributed by atoms with Crippen LogP contribution in [0.2, 0.25) is 0 Å². The molecule has 0 aromatic heterocycles. The predicted octanol–water partition coefficient (Wildman–Crippen LogP) is 9.49. The first kappa shape index (κ1) is 30.2. The third kappa shape index (κ3) is 13.2. The van der Waals surface area contributed by atoms with Crippen LogP contribution >= 0.6 is 0 Å². The molecule has 0 radical (unpaired) electrons. The Kier molecular flexibility index (Phi) is 12.8. The van der Waals surface area contributed by atoms with Crippen molar-refractivity contribution in [2.75, 3.05) is 0 Å². The fourth-order valence-electron chi connectivity index (χ4n) is 2.98. The molecule has 0 aliphatic rings. The van der Waals surface area contributed by atoms with Gasteiger partial charge in [0.05, 0.1) is 17.2 Å². The minimum absolute atomic E-state index is 0.594. The molecule has 0 spiro atoms. The van der Waals surface area contributed by atoms with Crippen LogP contribution in [0.4, 0.5) is 13.2 Å². The van der Waals surface area contributed by atoms with Crippen molar-refractivity contribution in [3.05, 3.63) is 142 Å². The molecule has 36 heavy (non-hydrogen) atoms. The van der Waals surface area contributed by atoms with Crippen LogP contribution in [0.1, 0.15) is 44.5 Å². The Morgan fingerprint density at radius 1 is 0.500 bits per heavy atom. The third-order valence-corrected chi connectivity index (χ3v) is 4.91. The van der Waals surface area contributed by atoms with Gasteiger partial charge in [0.15, 0.2) is 0 Å². The maximum absolute atomic E-state index is 11.9. The van der Waals surface area contributed by atoms with E-state index in [0.29, 0.717) is 0 Å². The maximum Gasteiger partial charge on any atom is 0.416 e. The molecule has 0 saturated carbocycles. The summed E-state index contributed by atoms with van der Waals surface area (Å²) in [6, 6.07) is 31.5. The lowest BCUT2D eigenvalue weighted by atomic mass is 10.1. The topological polar surface area (TPSA) is 23.8 Å². The van der Waals surface area contributed by atoms with Gasteiger partial charge in [0.1, 0.15) is 0 Å². The van der Waals surface area contributed by atoms with Crippen LogP contribution in [0, 0.1) is 52.9 Å².